The van der Waals surface area contributed by atoms with Crippen molar-refractivity contribution in [2.24, 2.45) is 25.9 Å². The first-order chi connectivity index (χ1) is 12.6. The lowest BCUT2D eigenvalue weighted by atomic mass is 10.0. The van der Waals surface area contributed by atoms with E-state index in [1.165, 1.54) is 0 Å². The molecule has 0 N–H and O–H groups in total. The number of amides is 1. The monoisotopic (exact) mass is 352 g/mol. The number of imidazole rings is 2. The van der Waals surface area contributed by atoms with E-state index in [2.05, 4.69) is 24.8 Å². The molecule has 0 bridgehead atoms. The Balaban J connectivity index is 1.34. The van der Waals surface area contributed by atoms with E-state index in [1.807, 2.05) is 23.6 Å². The van der Waals surface area contributed by atoms with E-state index in [0.717, 1.165) is 43.2 Å². The number of likely N-dealkylation sites (tertiary alicyclic amines) is 1. The summed E-state index contributed by atoms with van der Waals surface area (Å²) in [7, 11) is 3.79. The quantitative estimate of drug-likeness (QED) is 0.660. The van der Waals surface area contributed by atoms with E-state index < -0.39 is 0 Å². The summed E-state index contributed by atoms with van der Waals surface area (Å²) < 4.78 is 3.69. The summed E-state index contributed by atoms with van der Waals surface area (Å²) in [5, 5.41) is 0. The molecule has 134 valence electrons. The second-order valence-corrected chi connectivity index (χ2v) is 7.25. The van der Waals surface area contributed by atoms with Crippen molar-refractivity contribution in [2.45, 2.75) is 0 Å². The Hall–Kier alpha value is -2.97. The molecule has 2 saturated heterocycles. The fourth-order valence-corrected chi connectivity index (χ4v) is 4.22. The molecule has 0 aromatic carbocycles. The van der Waals surface area contributed by atoms with Crippen molar-refractivity contribution in [1.29, 1.82) is 0 Å². The Morgan fingerprint density at radius 1 is 1.00 bits per heavy atom. The number of anilines is 1. The van der Waals surface area contributed by atoms with E-state index in [0.29, 0.717) is 17.5 Å². The minimum absolute atomic E-state index is 0.0695. The first-order valence-corrected chi connectivity index (χ1v) is 8.74. The molecule has 2 aliphatic heterocycles. The van der Waals surface area contributed by atoms with Crippen molar-refractivity contribution in [2.75, 3.05) is 31.1 Å². The topological polar surface area (TPSA) is 85.0 Å². The van der Waals surface area contributed by atoms with Gasteiger partial charge in [0.2, 0.25) is 0 Å². The average molecular weight is 352 g/mol. The fraction of sp³-hybridized carbons (Fsp3) is 0.471. The standard InChI is InChI=1S/C17H20N8O/c1-22-9-18-3-13(22)17(26)25-6-11-4-24(5-12(11)7-25)16-14-15(19-8-20-16)23(2)10-21-14/h3,8-12H,4-7H2,1-2H3. The van der Waals surface area contributed by atoms with E-state index in [9.17, 15) is 4.79 Å². The van der Waals surface area contributed by atoms with Crippen LogP contribution in [0, 0.1) is 11.8 Å². The lowest BCUT2D eigenvalue weighted by molar-refractivity contribution is 0.0773. The lowest BCUT2D eigenvalue weighted by Gasteiger charge is -2.22. The zero-order valence-corrected chi connectivity index (χ0v) is 14.8. The first-order valence-electron chi connectivity index (χ1n) is 8.74. The van der Waals surface area contributed by atoms with Crippen LogP contribution >= 0.6 is 0 Å². The van der Waals surface area contributed by atoms with Crippen LogP contribution in [0.4, 0.5) is 5.82 Å². The van der Waals surface area contributed by atoms with Gasteiger partial charge < -0.3 is 18.9 Å². The van der Waals surface area contributed by atoms with Gasteiger partial charge in [-0.05, 0) is 0 Å². The Kier molecular flexibility index (Phi) is 3.25. The van der Waals surface area contributed by atoms with E-state index in [4.69, 9.17) is 0 Å². The summed E-state index contributed by atoms with van der Waals surface area (Å²) in [4.78, 5) is 34.3. The lowest BCUT2D eigenvalue weighted by Crippen LogP contribution is -2.34. The highest BCUT2D eigenvalue weighted by atomic mass is 16.2. The van der Waals surface area contributed by atoms with Gasteiger partial charge in [0.15, 0.2) is 17.0 Å². The minimum Gasteiger partial charge on any atom is -0.354 e. The van der Waals surface area contributed by atoms with Crippen molar-refractivity contribution in [1.82, 2.24) is 34.0 Å². The molecular formula is C17H20N8O. The van der Waals surface area contributed by atoms with Gasteiger partial charge in [-0.2, -0.15) is 0 Å². The molecule has 26 heavy (non-hydrogen) atoms. The number of hydrogen-bond donors (Lipinski definition) is 0. The number of fused-ring (bicyclic) bond motifs is 2. The van der Waals surface area contributed by atoms with E-state index in [-0.39, 0.29) is 5.91 Å². The molecule has 3 aromatic heterocycles. The fourth-order valence-electron chi connectivity index (χ4n) is 4.22. The maximum atomic E-state index is 12.7. The van der Waals surface area contributed by atoms with Gasteiger partial charge >= 0.3 is 0 Å². The number of aromatic nitrogens is 6. The van der Waals surface area contributed by atoms with Crippen molar-refractivity contribution >= 4 is 22.9 Å². The number of rotatable bonds is 2. The number of carbonyl (C=O) groups excluding carboxylic acids is 1. The summed E-state index contributed by atoms with van der Waals surface area (Å²) in [5.74, 6) is 1.89. The average Bonchev–Trinajstić information content (AvgIpc) is 3.37. The van der Waals surface area contributed by atoms with Crippen molar-refractivity contribution in [3.8, 4) is 0 Å². The highest BCUT2D eigenvalue weighted by Gasteiger charge is 2.43. The molecule has 9 heteroatoms. The van der Waals surface area contributed by atoms with E-state index in [1.54, 1.807) is 29.7 Å². The largest absolute Gasteiger partial charge is 0.354 e. The van der Waals surface area contributed by atoms with Crippen LogP contribution in [0.15, 0.2) is 25.2 Å². The van der Waals surface area contributed by atoms with Crippen LogP contribution in [0.5, 0.6) is 0 Å². The third kappa shape index (κ3) is 2.19. The number of carbonyl (C=O) groups is 1. The predicted molar refractivity (Wildman–Crippen MR) is 94.6 cm³/mol. The van der Waals surface area contributed by atoms with Crippen LogP contribution in [0.1, 0.15) is 10.5 Å². The minimum atomic E-state index is 0.0695. The number of nitrogens with zero attached hydrogens (tertiary/aromatic N) is 8. The second kappa shape index (κ2) is 5.52. The van der Waals surface area contributed by atoms with Crippen LogP contribution in [-0.2, 0) is 14.1 Å². The Morgan fingerprint density at radius 3 is 2.46 bits per heavy atom. The number of aryl methyl sites for hydroxylation is 2. The van der Waals surface area contributed by atoms with Crippen LogP contribution in [0.2, 0.25) is 0 Å². The first kappa shape index (κ1) is 15.3. The molecule has 3 aromatic rings. The molecule has 2 fully saturated rings. The maximum absolute atomic E-state index is 12.7. The van der Waals surface area contributed by atoms with Gasteiger partial charge in [-0.25, -0.2) is 19.9 Å². The normalized spacial score (nSPS) is 22.4. The van der Waals surface area contributed by atoms with Crippen LogP contribution < -0.4 is 4.90 Å². The summed E-state index contributed by atoms with van der Waals surface area (Å²) in [6.07, 6.45) is 6.68. The van der Waals surface area contributed by atoms with Crippen LogP contribution in [-0.4, -0.2) is 66.1 Å². The van der Waals surface area contributed by atoms with Gasteiger partial charge in [0, 0.05) is 52.1 Å². The predicted octanol–water partition coefficient (Wildman–Crippen LogP) is 0.305. The van der Waals surface area contributed by atoms with Gasteiger partial charge in [-0.1, -0.05) is 0 Å². The molecule has 2 aliphatic rings. The van der Waals surface area contributed by atoms with Gasteiger partial charge in [0.05, 0.1) is 18.9 Å². The Bertz CT molecular complexity index is 978. The van der Waals surface area contributed by atoms with Crippen molar-refractivity contribution < 1.29 is 4.79 Å². The molecule has 2 unspecified atom stereocenters. The SMILES string of the molecule is Cn1cncc1C(=O)N1CC2CN(c3ncnc4c3ncn4C)CC2C1. The van der Waals surface area contributed by atoms with Crippen molar-refractivity contribution in [3.63, 3.8) is 0 Å². The number of hydrogen-bond acceptors (Lipinski definition) is 6. The van der Waals surface area contributed by atoms with E-state index >= 15 is 0 Å². The molecule has 1 amide bonds. The zero-order valence-electron chi connectivity index (χ0n) is 14.8. The Labute approximate surface area is 150 Å². The molecule has 5 heterocycles. The molecule has 5 rings (SSSR count). The molecule has 2 atom stereocenters. The summed E-state index contributed by atoms with van der Waals surface area (Å²) in [6, 6.07) is 0. The third-order valence-electron chi connectivity index (χ3n) is 5.59. The summed E-state index contributed by atoms with van der Waals surface area (Å²) in [5.41, 5.74) is 2.34. The van der Waals surface area contributed by atoms with Crippen LogP contribution in [0.3, 0.4) is 0 Å². The highest BCUT2D eigenvalue weighted by Crippen LogP contribution is 2.35. The van der Waals surface area contributed by atoms with Gasteiger partial charge in [-0.15, -0.1) is 0 Å². The zero-order chi connectivity index (χ0) is 17.8. The second-order valence-electron chi connectivity index (χ2n) is 7.25. The molecule has 0 saturated carbocycles. The summed E-state index contributed by atoms with van der Waals surface area (Å²) >= 11 is 0. The van der Waals surface area contributed by atoms with Gasteiger partial charge in [-0.3, -0.25) is 4.79 Å². The molecule has 0 spiro atoms. The molecular weight excluding hydrogens is 332 g/mol. The van der Waals surface area contributed by atoms with Gasteiger partial charge in [0.25, 0.3) is 5.91 Å². The third-order valence-corrected chi connectivity index (χ3v) is 5.59. The molecule has 0 radical (unpaired) electrons. The molecule has 0 aliphatic carbocycles. The smallest absolute Gasteiger partial charge is 0.272 e. The van der Waals surface area contributed by atoms with Crippen LogP contribution in [0.25, 0.3) is 11.2 Å². The Morgan fingerprint density at radius 2 is 1.77 bits per heavy atom. The highest BCUT2D eigenvalue weighted by molar-refractivity contribution is 5.92. The molecule has 9 nitrogen and oxygen atoms in total. The van der Waals surface area contributed by atoms with Gasteiger partial charge in [0.1, 0.15) is 12.0 Å². The van der Waals surface area contributed by atoms with Crippen molar-refractivity contribution in [3.05, 3.63) is 30.9 Å². The summed E-state index contributed by atoms with van der Waals surface area (Å²) in [6.45, 7) is 3.34. The maximum Gasteiger partial charge on any atom is 0.272 e.